The Morgan fingerprint density at radius 3 is 2.55 bits per heavy atom. The summed E-state index contributed by atoms with van der Waals surface area (Å²) >= 11 is 0. The van der Waals surface area contributed by atoms with E-state index < -0.39 is 5.60 Å². The van der Waals surface area contributed by atoms with Crippen molar-refractivity contribution < 1.29 is 14.3 Å². The first-order valence-electron chi connectivity index (χ1n) is 7.12. The molecular weight excluding hydrogens is 254 g/mol. The Kier molecular flexibility index (Phi) is 3.21. The van der Waals surface area contributed by atoms with Gasteiger partial charge in [-0.25, -0.2) is 4.79 Å². The van der Waals surface area contributed by atoms with E-state index in [-0.39, 0.29) is 18.2 Å². The Labute approximate surface area is 119 Å². The molecule has 1 amide bonds. The minimum atomic E-state index is -0.469. The Balaban J connectivity index is 1.83. The van der Waals surface area contributed by atoms with Crippen LogP contribution in [0.1, 0.15) is 31.9 Å². The minimum absolute atomic E-state index is 0.0970. The number of carbonyl (C=O) groups is 1. The molecule has 1 aromatic rings. The Morgan fingerprint density at radius 1 is 1.30 bits per heavy atom. The molecule has 108 valence electrons. The zero-order valence-corrected chi connectivity index (χ0v) is 12.3. The summed E-state index contributed by atoms with van der Waals surface area (Å²) in [5, 5.41) is 0. The van der Waals surface area contributed by atoms with Gasteiger partial charge in [0, 0.05) is 6.54 Å². The Hall–Kier alpha value is -1.55. The molecule has 2 aliphatic heterocycles. The fourth-order valence-corrected chi connectivity index (χ4v) is 2.68. The normalized spacial score (nSPS) is 25.1. The molecule has 0 radical (unpaired) electrons. The van der Waals surface area contributed by atoms with Crippen molar-refractivity contribution in [1.29, 1.82) is 0 Å². The van der Waals surface area contributed by atoms with Gasteiger partial charge in [0.25, 0.3) is 0 Å². The first-order valence-corrected chi connectivity index (χ1v) is 7.12. The molecule has 0 aliphatic carbocycles. The summed E-state index contributed by atoms with van der Waals surface area (Å²) in [7, 11) is 0. The second kappa shape index (κ2) is 4.77. The van der Waals surface area contributed by atoms with E-state index in [1.54, 1.807) is 0 Å². The zero-order chi connectivity index (χ0) is 14.3. The number of rotatable bonds is 1. The van der Waals surface area contributed by atoms with Gasteiger partial charge in [0.15, 0.2) is 0 Å². The summed E-state index contributed by atoms with van der Waals surface area (Å²) in [6.07, 6.45) is 0.767. The highest BCUT2D eigenvalue weighted by Crippen LogP contribution is 2.31. The number of carbonyl (C=O) groups excluding carboxylic acids is 1. The molecule has 3 rings (SSSR count). The molecule has 0 bridgehead atoms. The lowest BCUT2D eigenvalue weighted by molar-refractivity contribution is 0.00863. The van der Waals surface area contributed by atoms with Crippen LogP contribution in [0.15, 0.2) is 24.3 Å². The molecule has 2 heterocycles. The molecule has 0 unspecified atom stereocenters. The average Bonchev–Trinajstić information content (AvgIpc) is 3.19. The largest absolute Gasteiger partial charge is 0.444 e. The van der Waals surface area contributed by atoms with E-state index in [0.29, 0.717) is 6.54 Å². The topological polar surface area (TPSA) is 42.1 Å². The van der Waals surface area contributed by atoms with Gasteiger partial charge in [0.1, 0.15) is 11.7 Å². The van der Waals surface area contributed by atoms with Gasteiger partial charge < -0.3 is 9.47 Å². The van der Waals surface area contributed by atoms with Crippen molar-refractivity contribution in [2.24, 2.45) is 0 Å². The summed E-state index contributed by atoms with van der Waals surface area (Å²) in [4.78, 5) is 14.2. The van der Waals surface area contributed by atoms with Crippen LogP contribution >= 0.6 is 0 Å². The maximum absolute atomic E-state index is 12.4. The van der Waals surface area contributed by atoms with Crippen LogP contribution in [0.5, 0.6) is 0 Å². The van der Waals surface area contributed by atoms with Crippen LogP contribution < -0.4 is 0 Å². The average molecular weight is 275 g/mol. The molecule has 0 saturated carbocycles. The van der Waals surface area contributed by atoms with Crippen molar-refractivity contribution >= 4 is 6.09 Å². The fourth-order valence-electron chi connectivity index (χ4n) is 2.68. The van der Waals surface area contributed by atoms with Gasteiger partial charge in [0.2, 0.25) is 0 Å². The third-order valence-electron chi connectivity index (χ3n) is 3.70. The summed E-state index contributed by atoms with van der Waals surface area (Å²) < 4.78 is 11.0. The van der Waals surface area contributed by atoms with Gasteiger partial charge in [-0.2, -0.15) is 0 Å². The minimum Gasteiger partial charge on any atom is -0.444 e. The van der Waals surface area contributed by atoms with Crippen LogP contribution in [-0.4, -0.2) is 35.3 Å². The lowest BCUT2D eigenvalue weighted by Gasteiger charge is -2.37. The van der Waals surface area contributed by atoms with Crippen molar-refractivity contribution in [2.45, 2.75) is 51.5 Å². The molecular formula is C16H21NO3. The van der Waals surface area contributed by atoms with Crippen LogP contribution in [0.4, 0.5) is 4.79 Å². The molecule has 0 N–H and O–H groups in total. The van der Waals surface area contributed by atoms with E-state index in [1.807, 2.05) is 37.8 Å². The third kappa shape index (κ3) is 2.80. The van der Waals surface area contributed by atoms with Gasteiger partial charge >= 0.3 is 6.09 Å². The molecule has 1 fully saturated rings. The van der Waals surface area contributed by atoms with Crippen molar-refractivity contribution in [3.8, 4) is 0 Å². The fraction of sp³-hybridized carbons (Fsp3) is 0.562. The quantitative estimate of drug-likeness (QED) is 0.740. The van der Waals surface area contributed by atoms with Crippen LogP contribution in [0.2, 0.25) is 0 Å². The second-order valence-electron chi connectivity index (χ2n) is 6.52. The summed E-state index contributed by atoms with van der Waals surface area (Å²) in [6.45, 7) is 7.03. The van der Waals surface area contributed by atoms with Gasteiger partial charge in [-0.1, -0.05) is 24.3 Å². The van der Waals surface area contributed by atoms with Crippen LogP contribution in [-0.2, 0) is 22.4 Å². The monoisotopic (exact) mass is 275 g/mol. The van der Waals surface area contributed by atoms with E-state index in [2.05, 4.69) is 12.1 Å². The van der Waals surface area contributed by atoms with E-state index >= 15 is 0 Å². The van der Waals surface area contributed by atoms with Crippen LogP contribution in [0, 0.1) is 0 Å². The molecule has 2 aliphatic rings. The SMILES string of the molecule is CC(C)(C)OC(=O)N1Cc2ccccc2C[C@H]1[C@H]1CO1. The predicted octanol–water partition coefficient (Wildman–Crippen LogP) is 2.75. The predicted molar refractivity (Wildman–Crippen MR) is 75.5 cm³/mol. The Morgan fingerprint density at radius 2 is 1.95 bits per heavy atom. The molecule has 0 aromatic heterocycles. The van der Waals surface area contributed by atoms with Gasteiger partial charge in [-0.15, -0.1) is 0 Å². The van der Waals surface area contributed by atoms with Gasteiger partial charge in [-0.05, 0) is 38.3 Å². The first kappa shape index (κ1) is 13.4. The Bertz CT molecular complexity index is 517. The highest BCUT2D eigenvalue weighted by molar-refractivity contribution is 5.69. The maximum atomic E-state index is 12.4. The summed E-state index contributed by atoms with van der Waals surface area (Å²) in [6, 6.07) is 8.38. The lowest BCUT2D eigenvalue weighted by Crippen LogP contribution is -2.49. The van der Waals surface area contributed by atoms with Gasteiger partial charge in [0.05, 0.1) is 12.6 Å². The molecule has 0 spiro atoms. The molecule has 20 heavy (non-hydrogen) atoms. The van der Waals surface area contributed by atoms with E-state index in [1.165, 1.54) is 11.1 Å². The first-order chi connectivity index (χ1) is 9.44. The summed E-state index contributed by atoms with van der Waals surface area (Å²) in [5.74, 6) is 0. The van der Waals surface area contributed by atoms with Gasteiger partial charge in [-0.3, -0.25) is 4.90 Å². The molecule has 4 heteroatoms. The van der Waals surface area contributed by atoms with E-state index in [4.69, 9.17) is 9.47 Å². The highest BCUT2D eigenvalue weighted by Gasteiger charge is 2.42. The number of nitrogens with zero attached hydrogens (tertiary/aromatic N) is 1. The van der Waals surface area contributed by atoms with Crippen molar-refractivity contribution in [3.05, 3.63) is 35.4 Å². The van der Waals surface area contributed by atoms with Crippen molar-refractivity contribution in [1.82, 2.24) is 4.90 Å². The highest BCUT2D eigenvalue weighted by atomic mass is 16.6. The number of amides is 1. The van der Waals surface area contributed by atoms with Crippen molar-refractivity contribution in [2.75, 3.05) is 6.61 Å². The maximum Gasteiger partial charge on any atom is 0.410 e. The standard InChI is InChI=1S/C16H21NO3/c1-16(2,3)20-15(18)17-9-12-7-5-4-6-11(12)8-13(17)14-10-19-14/h4-7,13-14H,8-10H2,1-3H3/t13-,14+/m0/s1. The summed E-state index contributed by atoms with van der Waals surface area (Å²) in [5.41, 5.74) is 2.05. The second-order valence-corrected chi connectivity index (χ2v) is 6.52. The lowest BCUT2D eigenvalue weighted by atomic mass is 9.93. The van der Waals surface area contributed by atoms with Crippen molar-refractivity contribution in [3.63, 3.8) is 0 Å². The smallest absolute Gasteiger partial charge is 0.410 e. The molecule has 1 aromatic carbocycles. The van der Waals surface area contributed by atoms with Crippen LogP contribution in [0.3, 0.4) is 0 Å². The van der Waals surface area contributed by atoms with Crippen LogP contribution in [0.25, 0.3) is 0 Å². The van der Waals surface area contributed by atoms with E-state index in [9.17, 15) is 4.79 Å². The molecule has 2 atom stereocenters. The number of epoxide rings is 1. The van der Waals surface area contributed by atoms with E-state index in [0.717, 1.165) is 13.0 Å². The zero-order valence-electron chi connectivity index (χ0n) is 12.3. The number of hydrogen-bond donors (Lipinski definition) is 0. The molecule has 1 saturated heterocycles. The number of hydrogen-bond acceptors (Lipinski definition) is 3. The number of fused-ring (bicyclic) bond motifs is 1. The third-order valence-corrected chi connectivity index (χ3v) is 3.70. The molecule has 4 nitrogen and oxygen atoms in total. The number of ether oxygens (including phenoxy) is 2. The number of benzene rings is 1.